The quantitative estimate of drug-likeness (QED) is 0.332. The number of piperidine rings is 1. The van der Waals surface area contributed by atoms with Gasteiger partial charge in [0.25, 0.3) is 0 Å². The first-order valence-electron chi connectivity index (χ1n) is 3.66. The highest BCUT2D eigenvalue weighted by Crippen LogP contribution is 2.23. The van der Waals surface area contributed by atoms with Crippen molar-refractivity contribution in [2.45, 2.75) is 6.92 Å². The average molecular weight is 193 g/mol. The molecule has 0 spiro atoms. The molecule has 5 heteroatoms. The second-order valence-corrected chi connectivity index (χ2v) is 3.16. The van der Waals surface area contributed by atoms with Gasteiger partial charge < -0.3 is 5.32 Å². The monoisotopic (exact) mass is 193 g/mol. The van der Waals surface area contributed by atoms with Gasteiger partial charge in [-0.1, -0.05) is 19.1 Å². The highest BCUT2D eigenvalue weighted by Gasteiger charge is 2.35. The molecule has 0 aromatic heterocycles. The van der Waals surface area contributed by atoms with Crippen LogP contribution in [0.1, 0.15) is 6.92 Å². The third-order valence-electron chi connectivity index (χ3n) is 1.99. The number of nitriles is 1. The number of rotatable bonds is 0. The number of hydrogen-bond acceptors (Lipinski definition) is 4. The third-order valence-corrected chi connectivity index (χ3v) is 2.31. The van der Waals surface area contributed by atoms with Crippen LogP contribution in [0.4, 0.5) is 0 Å². The number of nitrogens with one attached hydrogen (secondary N) is 2. The number of carbonyl (C=O) groups excluding carboxylic acids is 1. The number of carbonyl (C=O) groups is 1. The van der Waals surface area contributed by atoms with Crippen molar-refractivity contribution < 1.29 is 4.79 Å². The Labute approximate surface area is 80.7 Å². The fourth-order valence-electron chi connectivity index (χ4n) is 1.20. The molecule has 1 amide bonds. The highest BCUT2D eigenvalue weighted by molar-refractivity contribution is 7.80. The van der Waals surface area contributed by atoms with E-state index in [-0.39, 0.29) is 16.8 Å². The second-order valence-electron chi connectivity index (χ2n) is 2.75. The van der Waals surface area contributed by atoms with Gasteiger partial charge in [-0.05, 0) is 5.87 Å². The summed E-state index contributed by atoms with van der Waals surface area (Å²) < 4.78 is 0. The van der Waals surface area contributed by atoms with Crippen LogP contribution in [0.2, 0.25) is 0 Å². The molecule has 66 valence electrons. The van der Waals surface area contributed by atoms with Gasteiger partial charge in [-0.3, -0.25) is 10.2 Å². The van der Waals surface area contributed by atoms with Crippen LogP contribution in [0.3, 0.4) is 0 Å². The van der Waals surface area contributed by atoms with Gasteiger partial charge in [-0.25, -0.2) is 0 Å². The molecule has 0 aromatic carbocycles. The summed E-state index contributed by atoms with van der Waals surface area (Å²) in [5.41, 5.74) is 0.418. The molecule has 0 bridgehead atoms. The predicted molar refractivity (Wildman–Crippen MR) is 50.2 cm³/mol. The molecular weight excluding hydrogens is 186 g/mol. The Balaban J connectivity index is 3.10. The van der Waals surface area contributed by atoms with Crippen LogP contribution in [-0.2, 0) is 4.79 Å². The maximum atomic E-state index is 11.2. The van der Waals surface area contributed by atoms with E-state index < -0.39 is 5.92 Å². The van der Waals surface area contributed by atoms with Gasteiger partial charge >= 0.3 is 0 Å². The zero-order chi connectivity index (χ0) is 10.0. The van der Waals surface area contributed by atoms with Crippen LogP contribution in [0.25, 0.3) is 0 Å². The second kappa shape index (κ2) is 3.48. The molecule has 1 aliphatic heterocycles. The zero-order valence-corrected chi connectivity index (χ0v) is 7.73. The number of thiocarbonyl (C=S) groups is 1. The van der Waals surface area contributed by atoms with E-state index in [4.69, 9.17) is 22.9 Å². The zero-order valence-electron chi connectivity index (χ0n) is 6.92. The first-order chi connectivity index (χ1) is 6.11. The van der Waals surface area contributed by atoms with Crippen LogP contribution in [0, 0.1) is 28.6 Å². The van der Waals surface area contributed by atoms with Crippen molar-refractivity contribution in [3.8, 4) is 6.07 Å². The first-order valence-corrected chi connectivity index (χ1v) is 4.07. The molecule has 0 unspecified atom stereocenters. The lowest BCUT2D eigenvalue weighted by Gasteiger charge is -2.24. The van der Waals surface area contributed by atoms with Crippen LogP contribution in [0.5, 0.6) is 0 Å². The van der Waals surface area contributed by atoms with Crippen molar-refractivity contribution in [3.05, 3.63) is 5.57 Å². The Morgan fingerprint density at radius 3 is 2.77 bits per heavy atom. The summed E-state index contributed by atoms with van der Waals surface area (Å²) in [5, 5.41) is 18.0. The summed E-state index contributed by atoms with van der Waals surface area (Å²) >= 11 is 4.82. The van der Waals surface area contributed by atoms with Gasteiger partial charge in [0.2, 0.25) is 5.91 Å². The van der Waals surface area contributed by atoms with Crippen molar-refractivity contribution in [3.63, 3.8) is 0 Å². The minimum absolute atomic E-state index is 0.207. The van der Waals surface area contributed by atoms with Gasteiger partial charge in [0, 0.05) is 5.92 Å². The van der Waals surface area contributed by atoms with Crippen LogP contribution in [0.15, 0.2) is 5.57 Å². The lowest BCUT2D eigenvalue weighted by atomic mass is 9.85. The highest BCUT2D eigenvalue weighted by atomic mass is 32.1. The Kier molecular flexibility index (Phi) is 2.57. The van der Waals surface area contributed by atoms with Gasteiger partial charge in [-0.2, -0.15) is 5.26 Å². The predicted octanol–water partition coefficient (Wildman–Crippen LogP) is 0.394. The SMILES string of the molecule is C[C@@H]1C(=C=N)C(=S)NC(=O)[C@@H]1C#N. The molecule has 1 saturated heterocycles. The average Bonchev–Trinajstić information content (AvgIpc) is 2.04. The van der Waals surface area contributed by atoms with E-state index >= 15 is 0 Å². The molecule has 2 N–H and O–H groups in total. The lowest BCUT2D eigenvalue weighted by Crippen LogP contribution is -2.45. The van der Waals surface area contributed by atoms with Crippen molar-refractivity contribution in [2.24, 2.45) is 11.8 Å². The van der Waals surface area contributed by atoms with E-state index in [1.165, 1.54) is 0 Å². The minimum atomic E-state index is -0.764. The molecule has 1 heterocycles. The molecule has 1 rings (SSSR count). The standard InChI is InChI=1S/C8H7N3OS/c1-4-5(2-9)7(12)11-8(13)6(4)3-10/h4-5,10H,1H3,(H,11,12,13)/t4-,5+/m0/s1. The molecule has 2 atom stereocenters. The van der Waals surface area contributed by atoms with E-state index in [1.54, 1.807) is 6.92 Å². The molecule has 0 radical (unpaired) electrons. The van der Waals surface area contributed by atoms with Gasteiger partial charge in [0.15, 0.2) is 0 Å². The van der Waals surface area contributed by atoms with E-state index in [9.17, 15) is 4.79 Å². The smallest absolute Gasteiger partial charge is 0.243 e. The molecule has 4 nitrogen and oxygen atoms in total. The van der Waals surface area contributed by atoms with Gasteiger partial charge in [-0.15, -0.1) is 0 Å². The fourth-order valence-corrected chi connectivity index (χ4v) is 1.54. The Hall–Kier alpha value is -1.50. The Morgan fingerprint density at radius 2 is 2.31 bits per heavy atom. The molecule has 0 aromatic rings. The molecule has 1 fully saturated rings. The third kappa shape index (κ3) is 1.50. The van der Waals surface area contributed by atoms with E-state index in [1.807, 2.05) is 6.07 Å². The van der Waals surface area contributed by atoms with E-state index in [2.05, 4.69) is 11.2 Å². The Morgan fingerprint density at radius 1 is 1.69 bits per heavy atom. The van der Waals surface area contributed by atoms with Crippen LogP contribution >= 0.6 is 12.2 Å². The molecule has 0 saturated carbocycles. The minimum Gasteiger partial charge on any atom is -0.315 e. The van der Waals surface area contributed by atoms with Crippen molar-refractivity contribution in [2.75, 3.05) is 0 Å². The largest absolute Gasteiger partial charge is 0.315 e. The van der Waals surface area contributed by atoms with Crippen molar-refractivity contribution >= 4 is 29.0 Å². The van der Waals surface area contributed by atoms with Gasteiger partial charge in [0.1, 0.15) is 10.9 Å². The summed E-state index contributed by atoms with van der Waals surface area (Å²) in [6, 6.07) is 1.87. The summed E-state index contributed by atoms with van der Waals surface area (Å²) in [7, 11) is 0. The summed E-state index contributed by atoms with van der Waals surface area (Å²) in [5.74, 6) is 0.650. The normalized spacial score (nSPS) is 27.5. The van der Waals surface area contributed by atoms with E-state index in [0.717, 1.165) is 0 Å². The van der Waals surface area contributed by atoms with Crippen molar-refractivity contribution in [1.82, 2.24) is 5.32 Å². The van der Waals surface area contributed by atoms with Crippen LogP contribution in [-0.4, -0.2) is 16.8 Å². The summed E-state index contributed by atoms with van der Waals surface area (Å²) in [6.07, 6.45) is 0. The van der Waals surface area contributed by atoms with Crippen molar-refractivity contribution in [1.29, 1.82) is 10.7 Å². The lowest BCUT2D eigenvalue weighted by molar-refractivity contribution is -0.123. The maximum Gasteiger partial charge on any atom is 0.243 e. The molecule has 0 aliphatic carbocycles. The first kappa shape index (κ1) is 9.59. The maximum absolute atomic E-state index is 11.2. The Bertz CT molecular complexity index is 362. The fraction of sp³-hybridized carbons (Fsp3) is 0.375. The molecular formula is C8H7N3OS. The van der Waals surface area contributed by atoms with Gasteiger partial charge in [0.05, 0.1) is 11.6 Å². The summed E-state index contributed by atoms with van der Waals surface area (Å²) in [6.45, 7) is 1.69. The molecule has 13 heavy (non-hydrogen) atoms. The van der Waals surface area contributed by atoms with E-state index in [0.29, 0.717) is 5.57 Å². The van der Waals surface area contributed by atoms with Crippen LogP contribution < -0.4 is 5.32 Å². The topological polar surface area (TPSA) is 76.7 Å². The number of nitrogens with zero attached hydrogens (tertiary/aromatic N) is 1. The number of amides is 1. The molecule has 1 aliphatic rings. The summed E-state index contributed by atoms with van der Waals surface area (Å²) in [4.78, 5) is 11.4. The number of hydrogen-bond donors (Lipinski definition) is 2.